The Morgan fingerprint density at radius 2 is 2.00 bits per heavy atom. The van der Waals surface area contributed by atoms with E-state index in [0.29, 0.717) is 22.0 Å². The standard InChI is InChI=1S/C13H7ClN2O/c14-8-5-6-11-12(7-8)16-13(17)9-3-1-2-4-10(9)15-11/h1,3,5-7,15H,(H,16,17). The van der Waals surface area contributed by atoms with Crippen LogP contribution in [0.1, 0.15) is 10.4 Å². The Morgan fingerprint density at radius 3 is 2.88 bits per heavy atom. The molecule has 0 spiro atoms. The molecule has 1 aliphatic rings. The second kappa shape index (κ2) is 3.69. The molecule has 2 aromatic rings. The Balaban J connectivity index is 2.17. The summed E-state index contributed by atoms with van der Waals surface area (Å²) in [4.78, 5) is 12.0. The highest BCUT2D eigenvalue weighted by atomic mass is 35.5. The summed E-state index contributed by atoms with van der Waals surface area (Å²) >= 11 is 5.90. The average Bonchev–Trinajstić information content (AvgIpc) is 2.46. The molecule has 3 rings (SSSR count). The van der Waals surface area contributed by atoms with E-state index in [2.05, 4.69) is 22.8 Å². The Labute approximate surface area is 103 Å². The van der Waals surface area contributed by atoms with Crippen LogP contribution in [0, 0.1) is 12.1 Å². The molecule has 0 bridgehead atoms. The monoisotopic (exact) mass is 242 g/mol. The van der Waals surface area contributed by atoms with Crippen molar-refractivity contribution in [3.8, 4) is 0 Å². The molecule has 0 atom stereocenters. The maximum atomic E-state index is 12.0. The molecule has 3 nitrogen and oxygen atoms in total. The van der Waals surface area contributed by atoms with E-state index in [4.69, 9.17) is 11.6 Å². The Bertz CT molecular complexity index is 610. The van der Waals surface area contributed by atoms with Gasteiger partial charge in [0.25, 0.3) is 5.91 Å². The highest BCUT2D eigenvalue weighted by molar-refractivity contribution is 6.31. The maximum Gasteiger partial charge on any atom is 0.258 e. The van der Waals surface area contributed by atoms with Crippen molar-refractivity contribution in [2.75, 3.05) is 10.6 Å². The molecule has 0 unspecified atom stereocenters. The third-order valence-electron chi connectivity index (χ3n) is 2.53. The Hall–Kier alpha value is -2.18. The number of rotatable bonds is 0. The van der Waals surface area contributed by atoms with Crippen LogP contribution in [0.3, 0.4) is 0 Å². The van der Waals surface area contributed by atoms with E-state index in [-0.39, 0.29) is 5.91 Å². The SMILES string of the molecule is O=C1Nc2cc(Cl)ccc2Nc2c#cccc21. The maximum absolute atomic E-state index is 12.0. The summed E-state index contributed by atoms with van der Waals surface area (Å²) in [5, 5.41) is 6.51. The molecule has 0 saturated carbocycles. The van der Waals surface area contributed by atoms with Crippen LogP contribution in [0.15, 0.2) is 30.3 Å². The molecule has 1 amide bonds. The number of carbonyl (C=O) groups excluding carboxylic acids is 1. The number of benzene rings is 1. The van der Waals surface area contributed by atoms with Crippen molar-refractivity contribution >= 4 is 34.6 Å². The second-order valence-corrected chi connectivity index (χ2v) is 4.10. The summed E-state index contributed by atoms with van der Waals surface area (Å²) in [5.74, 6) is -0.182. The molecule has 17 heavy (non-hydrogen) atoms. The van der Waals surface area contributed by atoms with E-state index in [0.717, 1.165) is 5.69 Å². The van der Waals surface area contributed by atoms with Gasteiger partial charge >= 0.3 is 0 Å². The normalized spacial score (nSPS) is 12.4. The van der Waals surface area contributed by atoms with Gasteiger partial charge in [0.1, 0.15) is 5.69 Å². The van der Waals surface area contributed by atoms with Gasteiger partial charge in [0.15, 0.2) is 0 Å². The van der Waals surface area contributed by atoms with Crippen molar-refractivity contribution in [1.29, 1.82) is 0 Å². The molecule has 0 fully saturated rings. The number of hydrogen-bond donors (Lipinski definition) is 2. The lowest BCUT2D eigenvalue weighted by Crippen LogP contribution is -2.10. The zero-order valence-electron chi connectivity index (χ0n) is 8.67. The number of carbonyl (C=O) groups is 1. The fourth-order valence-corrected chi connectivity index (χ4v) is 1.90. The number of hydrogen-bond acceptors (Lipinski definition) is 2. The molecule has 0 aromatic heterocycles. The first-order valence-electron chi connectivity index (χ1n) is 5.04. The van der Waals surface area contributed by atoms with E-state index in [1.165, 1.54) is 0 Å². The molecular weight excluding hydrogens is 236 g/mol. The van der Waals surface area contributed by atoms with E-state index < -0.39 is 0 Å². The van der Waals surface area contributed by atoms with Crippen LogP contribution in [0.5, 0.6) is 0 Å². The van der Waals surface area contributed by atoms with Crippen molar-refractivity contribution < 1.29 is 4.79 Å². The van der Waals surface area contributed by atoms with Crippen molar-refractivity contribution in [2.45, 2.75) is 0 Å². The molecule has 2 aromatic carbocycles. The molecule has 4 heteroatoms. The number of amides is 1. The highest BCUT2D eigenvalue weighted by Gasteiger charge is 2.18. The zero-order valence-corrected chi connectivity index (χ0v) is 9.43. The number of anilines is 3. The van der Waals surface area contributed by atoms with Gasteiger partial charge < -0.3 is 10.6 Å². The van der Waals surface area contributed by atoms with Gasteiger partial charge in [-0.3, -0.25) is 4.79 Å². The Morgan fingerprint density at radius 1 is 1.12 bits per heavy atom. The molecule has 0 radical (unpaired) electrons. The first-order chi connectivity index (χ1) is 8.24. The second-order valence-electron chi connectivity index (χ2n) is 3.66. The van der Waals surface area contributed by atoms with Crippen LogP contribution in [-0.2, 0) is 0 Å². The lowest BCUT2D eigenvalue weighted by molar-refractivity contribution is 0.102. The molecule has 82 valence electrons. The topological polar surface area (TPSA) is 41.1 Å². The van der Waals surface area contributed by atoms with Gasteiger partial charge in [-0.25, -0.2) is 0 Å². The van der Waals surface area contributed by atoms with E-state index >= 15 is 0 Å². The van der Waals surface area contributed by atoms with E-state index in [9.17, 15) is 4.79 Å². The molecule has 2 N–H and O–H groups in total. The van der Waals surface area contributed by atoms with Crippen LogP contribution in [0.4, 0.5) is 17.1 Å². The minimum absolute atomic E-state index is 0.182. The summed E-state index contributed by atoms with van der Waals surface area (Å²) in [5.41, 5.74) is 2.60. The molecule has 1 aliphatic heterocycles. The number of halogens is 1. The van der Waals surface area contributed by atoms with Crippen LogP contribution < -0.4 is 10.6 Å². The Kier molecular flexibility index (Phi) is 2.17. The van der Waals surface area contributed by atoms with E-state index in [1.807, 2.05) is 6.07 Å². The first-order valence-corrected chi connectivity index (χ1v) is 5.42. The lowest BCUT2D eigenvalue weighted by Gasteiger charge is -2.07. The molecule has 0 saturated heterocycles. The fourth-order valence-electron chi connectivity index (χ4n) is 1.73. The summed E-state index contributed by atoms with van der Waals surface area (Å²) in [6.07, 6.45) is 0. The van der Waals surface area contributed by atoms with Crippen LogP contribution in [0.25, 0.3) is 0 Å². The smallest absolute Gasteiger partial charge is 0.258 e. The van der Waals surface area contributed by atoms with Crippen LogP contribution in [0.2, 0.25) is 5.02 Å². The summed E-state index contributed by atoms with van der Waals surface area (Å²) in [6.45, 7) is 0. The largest absolute Gasteiger partial charge is 0.346 e. The predicted octanol–water partition coefficient (Wildman–Crippen LogP) is 3.25. The van der Waals surface area contributed by atoms with Gasteiger partial charge in [-0.15, -0.1) is 0 Å². The van der Waals surface area contributed by atoms with Crippen LogP contribution >= 0.6 is 11.6 Å². The fraction of sp³-hybridized carbons (Fsp3) is 0. The first kappa shape index (κ1) is 10.0. The third-order valence-corrected chi connectivity index (χ3v) is 2.77. The summed E-state index contributed by atoms with van der Waals surface area (Å²) < 4.78 is 0. The van der Waals surface area contributed by atoms with Crippen molar-refractivity contribution in [3.63, 3.8) is 0 Å². The highest BCUT2D eigenvalue weighted by Crippen LogP contribution is 2.32. The van der Waals surface area contributed by atoms with Gasteiger partial charge in [-0.05, 0) is 36.4 Å². The number of nitrogens with one attached hydrogen (secondary N) is 2. The van der Waals surface area contributed by atoms with Crippen molar-refractivity contribution in [3.05, 3.63) is 53.1 Å². The van der Waals surface area contributed by atoms with Gasteiger partial charge in [-0.1, -0.05) is 17.7 Å². The third kappa shape index (κ3) is 1.69. The predicted molar refractivity (Wildman–Crippen MR) is 66.8 cm³/mol. The van der Waals surface area contributed by atoms with Crippen molar-refractivity contribution in [1.82, 2.24) is 0 Å². The van der Waals surface area contributed by atoms with Crippen LogP contribution in [-0.4, -0.2) is 5.91 Å². The zero-order chi connectivity index (χ0) is 11.8. The van der Waals surface area contributed by atoms with Gasteiger partial charge in [-0.2, -0.15) is 0 Å². The summed E-state index contributed by atoms with van der Waals surface area (Å²) in [6, 6.07) is 14.3. The molecular formula is C13H7ClN2O. The van der Waals surface area contributed by atoms with E-state index in [1.54, 1.807) is 24.3 Å². The summed E-state index contributed by atoms with van der Waals surface area (Å²) in [7, 11) is 0. The lowest BCUT2D eigenvalue weighted by atomic mass is 10.2. The van der Waals surface area contributed by atoms with Gasteiger partial charge in [0.2, 0.25) is 0 Å². The molecule has 1 heterocycles. The van der Waals surface area contributed by atoms with Crippen molar-refractivity contribution in [2.24, 2.45) is 0 Å². The van der Waals surface area contributed by atoms with Gasteiger partial charge in [0, 0.05) is 5.02 Å². The minimum atomic E-state index is -0.182. The van der Waals surface area contributed by atoms with Gasteiger partial charge in [0.05, 0.1) is 16.9 Å². The minimum Gasteiger partial charge on any atom is -0.346 e. The quantitative estimate of drug-likeness (QED) is 0.745. The number of fused-ring (bicyclic) bond motifs is 2. The average molecular weight is 243 g/mol. The molecule has 0 aliphatic carbocycles.